The summed E-state index contributed by atoms with van der Waals surface area (Å²) in [6.45, 7) is 1.88. The van der Waals surface area contributed by atoms with Crippen LogP contribution < -0.4 is 5.43 Å². The van der Waals surface area contributed by atoms with Crippen LogP contribution in [-0.4, -0.2) is 11.6 Å². The molecule has 3 nitrogen and oxygen atoms in total. The average molecular weight is 407 g/mol. The number of benzene rings is 3. The Hall–Kier alpha value is -2.72. The number of rotatable bonds is 5. The van der Waals surface area contributed by atoms with Gasteiger partial charge in [0, 0.05) is 4.47 Å². The topological polar surface area (TPSA) is 41.5 Å². The molecule has 4 heteroatoms. The van der Waals surface area contributed by atoms with E-state index in [4.69, 9.17) is 0 Å². The molecule has 0 radical (unpaired) electrons. The number of amides is 1. The SMILES string of the molecule is CC(=NNC(=O)C(c1ccccc1)c1ccccc1)c1ccc(Br)cc1. The third kappa shape index (κ3) is 4.46. The van der Waals surface area contributed by atoms with Crippen LogP contribution in [0.2, 0.25) is 0 Å². The Bertz CT molecular complexity index is 851. The van der Waals surface area contributed by atoms with Gasteiger partial charge >= 0.3 is 0 Å². The smallest absolute Gasteiger partial charge is 0.252 e. The van der Waals surface area contributed by atoms with Crippen molar-refractivity contribution in [2.75, 3.05) is 0 Å². The Morgan fingerprint density at radius 3 is 1.85 bits per heavy atom. The summed E-state index contributed by atoms with van der Waals surface area (Å²) in [4.78, 5) is 12.9. The number of hydrogen-bond acceptors (Lipinski definition) is 2. The normalized spacial score (nSPS) is 11.4. The lowest BCUT2D eigenvalue weighted by Gasteiger charge is -2.16. The molecule has 130 valence electrons. The average Bonchev–Trinajstić information content (AvgIpc) is 2.68. The Labute approximate surface area is 161 Å². The van der Waals surface area contributed by atoms with Crippen molar-refractivity contribution >= 4 is 27.5 Å². The maximum Gasteiger partial charge on any atom is 0.252 e. The van der Waals surface area contributed by atoms with Crippen LogP contribution in [-0.2, 0) is 4.79 Å². The van der Waals surface area contributed by atoms with E-state index in [1.165, 1.54) is 0 Å². The van der Waals surface area contributed by atoms with Gasteiger partial charge in [0.2, 0.25) is 0 Å². The van der Waals surface area contributed by atoms with E-state index >= 15 is 0 Å². The van der Waals surface area contributed by atoms with Crippen molar-refractivity contribution in [2.24, 2.45) is 5.10 Å². The molecule has 0 aliphatic rings. The summed E-state index contributed by atoms with van der Waals surface area (Å²) in [5.41, 5.74) is 6.32. The number of carbonyl (C=O) groups excluding carboxylic acids is 1. The summed E-state index contributed by atoms with van der Waals surface area (Å²) >= 11 is 3.42. The van der Waals surface area contributed by atoms with Crippen LogP contribution in [0.3, 0.4) is 0 Å². The number of carbonyl (C=O) groups is 1. The summed E-state index contributed by atoms with van der Waals surface area (Å²) in [5.74, 6) is -0.558. The Morgan fingerprint density at radius 1 is 0.846 bits per heavy atom. The minimum Gasteiger partial charge on any atom is -0.272 e. The quantitative estimate of drug-likeness (QED) is 0.463. The van der Waals surface area contributed by atoms with E-state index in [-0.39, 0.29) is 5.91 Å². The van der Waals surface area contributed by atoms with Crippen molar-refractivity contribution in [3.8, 4) is 0 Å². The predicted octanol–water partition coefficient (Wildman–Crippen LogP) is 5.12. The fourth-order valence-corrected chi connectivity index (χ4v) is 3.01. The van der Waals surface area contributed by atoms with Crippen molar-refractivity contribution in [2.45, 2.75) is 12.8 Å². The number of hydrogen-bond donors (Lipinski definition) is 1. The fourth-order valence-electron chi connectivity index (χ4n) is 2.75. The zero-order valence-corrected chi connectivity index (χ0v) is 16.0. The van der Waals surface area contributed by atoms with Crippen molar-refractivity contribution in [3.63, 3.8) is 0 Å². The molecule has 0 fully saturated rings. The van der Waals surface area contributed by atoms with Gasteiger partial charge in [-0.25, -0.2) is 5.43 Å². The molecule has 3 aromatic rings. The van der Waals surface area contributed by atoms with Gasteiger partial charge < -0.3 is 0 Å². The highest BCUT2D eigenvalue weighted by atomic mass is 79.9. The highest BCUT2D eigenvalue weighted by molar-refractivity contribution is 9.10. The molecule has 0 unspecified atom stereocenters. The molecule has 0 saturated heterocycles. The second kappa shape index (κ2) is 8.59. The maximum absolute atomic E-state index is 12.9. The van der Waals surface area contributed by atoms with Crippen molar-refractivity contribution in [3.05, 3.63) is 106 Å². The van der Waals surface area contributed by atoms with Crippen LogP contribution in [0.15, 0.2) is 94.5 Å². The van der Waals surface area contributed by atoms with Gasteiger partial charge in [-0.2, -0.15) is 5.10 Å². The predicted molar refractivity (Wildman–Crippen MR) is 109 cm³/mol. The van der Waals surface area contributed by atoms with E-state index in [1.54, 1.807) is 0 Å². The minimum atomic E-state index is -0.404. The first-order chi connectivity index (χ1) is 12.6. The Balaban J connectivity index is 1.84. The van der Waals surface area contributed by atoms with Crippen molar-refractivity contribution < 1.29 is 4.79 Å². The molecule has 3 aromatic carbocycles. The van der Waals surface area contributed by atoms with E-state index in [0.29, 0.717) is 0 Å². The zero-order chi connectivity index (χ0) is 18.4. The van der Waals surface area contributed by atoms with Crippen LogP contribution in [0.1, 0.15) is 29.5 Å². The van der Waals surface area contributed by atoms with Crippen LogP contribution in [0.25, 0.3) is 0 Å². The van der Waals surface area contributed by atoms with Gasteiger partial charge in [0.1, 0.15) is 0 Å². The van der Waals surface area contributed by atoms with E-state index in [0.717, 1.165) is 26.9 Å². The molecular formula is C22H19BrN2O. The van der Waals surface area contributed by atoms with Crippen LogP contribution in [0.4, 0.5) is 0 Å². The molecule has 3 rings (SSSR count). The lowest BCUT2D eigenvalue weighted by molar-refractivity contribution is -0.121. The Morgan fingerprint density at radius 2 is 1.35 bits per heavy atom. The second-order valence-electron chi connectivity index (χ2n) is 5.93. The van der Waals surface area contributed by atoms with Gasteiger partial charge in [-0.1, -0.05) is 88.7 Å². The first-order valence-electron chi connectivity index (χ1n) is 8.35. The molecule has 0 aliphatic carbocycles. The van der Waals surface area contributed by atoms with E-state index < -0.39 is 5.92 Å². The maximum atomic E-state index is 12.9. The van der Waals surface area contributed by atoms with E-state index in [9.17, 15) is 4.79 Å². The molecule has 1 amide bonds. The first-order valence-corrected chi connectivity index (χ1v) is 9.14. The third-order valence-corrected chi connectivity index (χ3v) is 4.65. The molecule has 0 heterocycles. The third-order valence-electron chi connectivity index (χ3n) is 4.12. The molecule has 0 aliphatic heterocycles. The summed E-state index contributed by atoms with van der Waals surface area (Å²) in [5, 5.41) is 4.30. The molecule has 0 aromatic heterocycles. The Kier molecular flexibility index (Phi) is 5.97. The summed E-state index contributed by atoms with van der Waals surface area (Å²) in [6.07, 6.45) is 0. The highest BCUT2D eigenvalue weighted by Crippen LogP contribution is 2.24. The molecular weight excluding hydrogens is 388 g/mol. The number of nitrogens with one attached hydrogen (secondary N) is 1. The molecule has 1 N–H and O–H groups in total. The van der Waals surface area contributed by atoms with Gasteiger partial charge in [-0.05, 0) is 35.7 Å². The lowest BCUT2D eigenvalue weighted by Crippen LogP contribution is -2.27. The molecule has 0 spiro atoms. The summed E-state index contributed by atoms with van der Waals surface area (Å²) in [7, 11) is 0. The van der Waals surface area contributed by atoms with Gasteiger partial charge in [0.15, 0.2) is 0 Å². The standard InChI is InChI=1S/C22H19BrN2O/c1-16(17-12-14-20(23)15-13-17)24-25-22(26)21(18-8-4-2-5-9-18)19-10-6-3-7-11-19/h2-15,21H,1H3,(H,25,26). The van der Waals surface area contributed by atoms with Gasteiger partial charge in [0.25, 0.3) is 5.91 Å². The van der Waals surface area contributed by atoms with Gasteiger partial charge in [-0.15, -0.1) is 0 Å². The van der Waals surface area contributed by atoms with Crippen molar-refractivity contribution in [1.29, 1.82) is 0 Å². The fraction of sp³-hybridized carbons (Fsp3) is 0.0909. The first kappa shape index (κ1) is 18.1. The number of hydrazone groups is 1. The van der Waals surface area contributed by atoms with Crippen LogP contribution in [0.5, 0.6) is 0 Å². The summed E-state index contributed by atoms with van der Waals surface area (Å²) < 4.78 is 1.01. The monoisotopic (exact) mass is 406 g/mol. The molecule has 0 atom stereocenters. The zero-order valence-electron chi connectivity index (χ0n) is 14.4. The van der Waals surface area contributed by atoms with E-state index in [1.807, 2.05) is 91.9 Å². The van der Waals surface area contributed by atoms with E-state index in [2.05, 4.69) is 26.5 Å². The second-order valence-corrected chi connectivity index (χ2v) is 6.85. The van der Waals surface area contributed by atoms with Gasteiger partial charge in [0.05, 0.1) is 11.6 Å². The van der Waals surface area contributed by atoms with Crippen LogP contribution >= 0.6 is 15.9 Å². The molecule has 0 bridgehead atoms. The molecule has 26 heavy (non-hydrogen) atoms. The number of nitrogens with zero attached hydrogens (tertiary/aromatic N) is 1. The molecule has 0 saturated carbocycles. The lowest BCUT2D eigenvalue weighted by atomic mass is 9.91. The van der Waals surface area contributed by atoms with Crippen LogP contribution in [0, 0.1) is 0 Å². The van der Waals surface area contributed by atoms with Crippen molar-refractivity contribution in [1.82, 2.24) is 5.43 Å². The number of halogens is 1. The highest BCUT2D eigenvalue weighted by Gasteiger charge is 2.22. The summed E-state index contributed by atoms with van der Waals surface area (Å²) in [6, 6.07) is 27.3. The largest absolute Gasteiger partial charge is 0.272 e. The van der Waals surface area contributed by atoms with Gasteiger partial charge in [-0.3, -0.25) is 4.79 Å². The minimum absolute atomic E-state index is 0.154.